The Kier molecular flexibility index (Phi) is 5.31. The summed E-state index contributed by atoms with van der Waals surface area (Å²) in [6, 6.07) is 4.17. The molecule has 1 N–H and O–H groups in total. The zero-order chi connectivity index (χ0) is 15.2. The van der Waals surface area contributed by atoms with Gasteiger partial charge in [0.05, 0.1) is 14.2 Å². The molecule has 0 bridgehead atoms. The zero-order valence-electron chi connectivity index (χ0n) is 13.4. The van der Waals surface area contributed by atoms with E-state index in [2.05, 4.69) is 34.3 Å². The van der Waals surface area contributed by atoms with Crippen LogP contribution in [0.15, 0.2) is 17.1 Å². The summed E-state index contributed by atoms with van der Waals surface area (Å²) >= 11 is 0. The molecule has 116 valence electrons. The van der Waals surface area contributed by atoms with E-state index in [1.54, 1.807) is 14.2 Å². The highest BCUT2D eigenvalue weighted by molar-refractivity contribution is 5.80. The Bertz CT molecular complexity index is 514. The molecule has 21 heavy (non-hydrogen) atoms. The summed E-state index contributed by atoms with van der Waals surface area (Å²) < 4.78 is 10.8. The molecule has 5 nitrogen and oxygen atoms in total. The number of aliphatic imine (C=N–C) groups is 1. The highest BCUT2D eigenvalue weighted by Gasteiger charge is 2.21. The van der Waals surface area contributed by atoms with Crippen molar-refractivity contribution >= 4 is 5.96 Å². The van der Waals surface area contributed by atoms with Gasteiger partial charge in [-0.3, -0.25) is 4.99 Å². The molecule has 0 radical (unpaired) electrons. The Balaban J connectivity index is 2.19. The molecule has 5 heteroatoms. The maximum Gasteiger partial charge on any atom is 0.193 e. The third-order valence-electron chi connectivity index (χ3n) is 3.76. The molecule has 0 aromatic heterocycles. The van der Waals surface area contributed by atoms with Gasteiger partial charge < -0.3 is 19.7 Å². The summed E-state index contributed by atoms with van der Waals surface area (Å²) in [5.41, 5.74) is 2.60. The molecule has 1 aromatic rings. The SMILES string of the molecule is CCCNC(=NC)N1CCc2cc(OC)c(OC)cc2C1. The van der Waals surface area contributed by atoms with Crippen LogP contribution in [0.2, 0.25) is 0 Å². The number of hydrogen-bond donors (Lipinski definition) is 1. The molecular weight excluding hydrogens is 266 g/mol. The van der Waals surface area contributed by atoms with Gasteiger partial charge in [-0.05, 0) is 36.1 Å². The average Bonchev–Trinajstić information content (AvgIpc) is 2.54. The molecule has 0 amide bonds. The number of hydrogen-bond acceptors (Lipinski definition) is 3. The Hall–Kier alpha value is -1.91. The Morgan fingerprint density at radius 2 is 1.90 bits per heavy atom. The van der Waals surface area contributed by atoms with Crippen LogP contribution in [0.3, 0.4) is 0 Å². The highest BCUT2D eigenvalue weighted by atomic mass is 16.5. The van der Waals surface area contributed by atoms with Gasteiger partial charge in [0.1, 0.15) is 0 Å². The van der Waals surface area contributed by atoms with Crippen molar-refractivity contribution in [2.24, 2.45) is 4.99 Å². The minimum atomic E-state index is 0.787. The quantitative estimate of drug-likeness (QED) is 0.681. The van der Waals surface area contributed by atoms with E-state index in [-0.39, 0.29) is 0 Å². The smallest absolute Gasteiger partial charge is 0.193 e. The lowest BCUT2D eigenvalue weighted by atomic mass is 9.99. The average molecular weight is 291 g/mol. The van der Waals surface area contributed by atoms with E-state index < -0.39 is 0 Å². The summed E-state index contributed by atoms with van der Waals surface area (Å²) in [5, 5.41) is 3.39. The fraction of sp³-hybridized carbons (Fsp3) is 0.562. The zero-order valence-corrected chi connectivity index (χ0v) is 13.4. The normalized spacial score (nSPS) is 14.7. The van der Waals surface area contributed by atoms with Gasteiger partial charge in [0.2, 0.25) is 0 Å². The van der Waals surface area contributed by atoms with Gasteiger partial charge in [-0.2, -0.15) is 0 Å². The highest BCUT2D eigenvalue weighted by Crippen LogP contribution is 2.33. The Morgan fingerprint density at radius 3 is 2.48 bits per heavy atom. The molecule has 2 rings (SSSR count). The minimum absolute atomic E-state index is 0.787. The first kappa shape index (κ1) is 15.5. The molecule has 1 aliphatic rings. The van der Waals surface area contributed by atoms with Crippen molar-refractivity contribution in [2.45, 2.75) is 26.3 Å². The molecule has 0 atom stereocenters. The van der Waals surface area contributed by atoms with Crippen molar-refractivity contribution in [1.29, 1.82) is 0 Å². The summed E-state index contributed by atoms with van der Waals surface area (Å²) in [7, 11) is 5.19. The van der Waals surface area contributed by atoms with Crippen LogP contribution in [-0.2, 0) is 13.0 Å². The van der Waals surface area contributed by atoms with Crippen LogP contribution in [0.5, 0.6) is 11.5 Å². The van der Waals surface area contributed by atoms with Crippen molar-refractivity contribution in [2.75, 3.05) is 34.4 Å². The van der Waals surface area contributed by atoms with Gasteiger partial charge in [0, 0.05) is 26.7 Å². The number of fused-ring (bicyclic) bond motifs is 1. The predicted molar refractivity (Wildman–Crippen MR) is 85.3 cm³/mol. The molecular formula is C16H25N3O2. The minimum Gasteiger partial charge on any atom is -0.493 e. The van der Waals surface area contributed by atoms with Crippen molar-refractivity contribution < 1.29 is 9.47 Å². The number of ether oxygens (including phenoxy) is 2. The maximum absolute atomic E-state index is 5.40. The van der Waals surface area contributed by atoms with E-state index in [1.165, 1.54) is 11.1 Å². The predicted octanol–water partition coefficient (Wildman–Crippen LogP) is 2.05. The molecule has 0 aliphatic carbocycles. The fourth-order valence-corrected chi connectivity index (χ4v) is 2.63. The number of methoxy groups -OCH3 is 2. The molecule has 1 heterocycles. The Labute approximate surface area is 127 Å². The molecule has 1 aromatic carbocycles. The largest absolute Gasteiger partial charge is 0.493 e. The van der Waals surface area contributed by atoms with Gasteiger partial charge in [-0.1, -0.05) is 6.92 Å². The topological polar surface area (TPSA) is 46.1 Å². The van der Waals surface area contributed by atoms with Crippen molar-refractivity contribution in [3.05, 3.63) is 23.3 Å². The molecule has 0 saturated heterocycles. The van der Waals surface area contributed by atoms with E-state index in [1.807, 2.05) is 7.05 Å². The third-order valence-corrected chi connectivity index (χ3v) is 3.76. The van der Waals surface area contributed by atoms with Crippen LogP contribution < -0.4 is 14.8 Å². The summed E-state index contributed by atoms with van der Waals surface area (Å²) in [5.74, 6) is 2.56. The van der Waals surface area contributed by atoms with E-state index in [9.17, 15) is 0 Å². The van der Waals surface area contributed by atoms with Gasteiger partial charge in [0.15, 0.2) is 17.5 Å². The molecule has 0 saturated carbocycles. The van der Waals surface area contributed by atoms with Crippen LogP contribution in [0.1, 0.15) is 24.5 Å². The van der Waals surface area contributed by atoms with Gasteiger partial charge in [0.25, 0.3) is 0 Å². The van der Waals surface area contributed by atoms with E-state index in [0.29, 0.717) is 0 Å². The third kappa shape index (κ3) is 3.40. The number of nitrogens with zero attached hydrogens (tertiary/aromatic N) is 2. The monoisotopic (exact) mass is 291 g/mol. The van der Waals surface area contributed by atoms with E-state index >= 15 is 0 Å². The van der Waals surface area contributed by atoms with Crippen LogP contribution in [0, 0.1) is 0 Å². The van der Waals surface area contributed by atoms with Gasteiger partial charge >= 0.3 is 0 Å². The second-order valence-corrected chi connectivity index (χ2v) is 5.12. The first-order valence-electron chi connectivity index (χ1n) is 7.42. The van der Waals surface area contributed by atoms with E-state index in [0.717, 1.165) is 49.9 Å². The van der Waals surface area contributed by atoms with Gasteiger partial charge in [-0.25, -0.2) is 0 Å². The maximum atomic E-state index is 5.40. The van der Waals surface area contributed by atoms with Crippen LogP contribution in [-0.4, -0.2) is 45.2 Å². The van der Waals surface area contributed by atoms with Crippen molar-refractivity contribution in [3.63, 3.8) is 0 Å². The van der Waals surface area contributed by atoms with Crippen LogP contribution >= 0.6 is 0 Å². The first-order chi connectivity index (χ1) is 10.2. The lowest BCUT2D eigenvalue weighted by Crippen LogP contribution is -2.44. The summed E-state index contributed by atoms with van der Waals surface area (Å²) in [4.78, 5) is 6.66. The number of rotatable bonds is 4. The molecule has 0 fully saturated rings. The number of benzene rings is 1. The van der Waals surface area contributed by atoms with Crippen molar-refractivity contribution in [1.82, 2.24) is 10.2 Å². The second kappa shape index (κ2) is 7.20. The standard InChI is InChI=1S/C16H25N3O2/c1-5-7-18-16(17-2)19-8-6-12-9-14(20-3)15(21-4)10-13(12)11-19/h9-10H,5-8,11H2,1-4H3,(H,17,18). The van der Waals surface area contributed by atoms with Crippen LogP contribution in [0.25, 0.3) is 0 Å². The molecule has 0 unspecified atom stereocenters. The van der Waals surface area contributed by atoms with E-state index in [4.69, 9.17) is 9.47 Å². The van der Waals surface area contributed by atoms with Gasteiger partial charge in [-0.15, -0.1) is 0 Å². The molecule has 1 aliphatic heterocycles. The summed E-state index contributed by atoms with van der Waals surface area (Å²) in [6.45, 7) is 4.91. The number of guanidine groups is 1. The van der Waals surface area contributed by atoms with Crippen LogP contribution in [0.4, 0.5) is 0 Å². The Morgan fingerprint density at radius 1 is 1.24 bits per heavy atom. The fourth-order valence-electron chi connectivity index (χ4n) is 2.63. The van der Waals surface area contributed by atoms with Crippen molar-refractivity contribution in [3.8, 4) is 11.5 Å². The lowest BCUT2D eigenvalue weighted by Gasteiger charge is -2.32. The first-order valence-corrected chi connectivity index (χ1v) is 7.42. The molecule has 0 spiro atoms. The second-order valence-electron chi connectivity index (χ2n) is 5.12. The number of nitrogens with one attached hydrogen (secondary N) is 1. The lowest BCUT2D eigenvalue weighted by molar-refractivity contribution is 0.346. The summed E-state index contributed by atoms with van der Waals surface area (Å²) in [6.07, 6.45) is 2.08.